The molecule has 3 rings (SSSR count). The van der Waals surface area contributed by atoms with Crippen LogP contribution in [0.15, 0.2) is 24.3 Å². The lowest BCUT2D eigenvalue weighted by molar-refractivity contribution is 0.0524. The fraction of sp³-hybridized carbons (Fsp3) is 0.700. The Morgan fingerprint density at radius 2 is 1.92 bits per heavy atom. The molecule has 1 saturated heterocycles. The number of nitrogens with one attached hydrogen (secondary N) is 2. The fourth-order valence-corrected chi connectivity index (χ4v) is 3.96. The molecule has 0 aromatic heterocycles. The molecule has 1 aliphatic heterocycles. The van der Waals surface area contributed by atoms with Crippen LogP contribution in [0.3, 0.4) is 0 Å². The second-order valence-corrected chi connectivity index (χ2v) is 8.16. The molecule has 3 nitrogen and oxygen atoms in total. The van der Waals surface area contributed by atoms with Crippen molar-refractivity contribution in [1.29, 1.82) is 0 Å². The van der Waals surface area contributed by atoms with Crippen molar-refractivity contribution in [3.63, 3.8) is 0 Å². The van der Waals surface area contributed by atoms with Crippen LogP contribution in [-0.2, 0) is 16.7 Å². The maximum absolute atomic E-state index is 5.66. The van der Waals surface area contributed by atoms with Gasteiger partial charge >= 0.3 is 0 Å². The Morgan fingerprint density at radius 1 is 1.17 bits per heavy atom. The first-order valence-corrected chi connectivity index (χ1v) is 9.18. The zero-order valence-electron chi connectivity index (χ0n) is 15.3. The van der Waals surface area contributed by atoms with Crippen LogP contribution >= 0.6 is 12.4 Å². The van der Waals surface area contributed by atoms with Gasteiger partial charge in [0.15, 0.2) is 0 Å². The number of rotatable bonds is 4. The Bertz CT molecular complexity index is 491. The molecule has 1 aromatic carbocycles. The molecule has 1 saturated carbocycles. The number of benzene rings is 1. The smallest absolute Gasteiger partial charge is 0.0623 e. The van der Waals surface area contributed by atoms with E-state index in [2.05, 4.69) is 55.7 Å². The SMILES string of the molecule is CC(C)(C)c1ccc(CNC2CCCC2C2COCCN2)cc1.Cl. The van der Waals surface area contributed by atoms with Gasteiger partial charge in [0.1, 0.15) is 0 Å². The largest absolute Gasteiger partial charge is 0.379 e. The summed E-state index contributed by atoms with van der Waals surface area (Å²) in [6.07, 6.45) is 3.95. The second-order valence-electron chi connectivity index (χ2n) is 8.16. The van der Waals surface area contributed by atoms with E-state index in [1.54, 1.807) is 0 Å². The van der Waals surface area contributed by atoms with E-state index in [4.69, 9.17) is 4.74 Å². The van der Waals surface area contributed by atoms with Crippen molar-refractivity contribution >= 4 is 12.4 Å². The summed E-state index contributed by atoms with van der Waals surface area (Å²) in [4.78, 5) is 0. The molecule has 1 aromatic rings. The van der Waals surface area contributed by atoms with Crippen LogP contribution in [0, 0.1) is 5.92 Å². The Hall–Kier alpha value is -0.610. The summed E-state index contributed by atoms with van der Waals surface area (Å²) in [6.45, 7) is 10.5. The van der Waals surface area contributed by atoms with E-state index in [1.165, 1.54) is 30.4 Å². The second kappa shape index (κ2) is 8.66. The molecule has 24 heavy (non-hydrogen) atoms. The Kier molecular flexibility index (Phi) is 7.11. The molecule has 0 bridgehead atoms. The van der Waals surface area contributed by atoms with E-state index in [-0.39, 0.29) is 17.8 Å². The van der Waals surface area contributed by atoms with Crippen LogP contribution in [0.4, 0.5) is 0 Å². The quantitative estimate of drug-likeness (QED) is 0.867. The lowest BCUT2D eigenvalue weighted by atomic mass is 9.86. The maximum atomic E-state index is 5.66. The highest BCUT2D eigenvalue weighted by Gasteiger charge is 2.34. The van der Waals surface area contributed by atoms with Gasteiger partial charge in [-0.15, -0.1) is 12.4 Å². The van der Waals surface area contributed by atoms with E-state index in [9.17, 15) is 0 Å². The lowest BCUT2D eigenvalue weighted by Gasteiger charge is -2.33. The molecule has 0 spiro atoms. The summed E-state index contributed by atoms with van der Waals surface area (Å²) in [7, 11) is 0. The number of hydrogen-bond donors (Lipinski definition) is 2. The minimum atomic E-state index is 0. The van der Waals surface area contributed by atoms with Crippen LogP contribution in [0.2, 0.25) is 0 Å². The number of morpholine rings is 1. The summed E-state index contributed by atoms with van der Waals surface area (Å²) < 4.78 is 5.66. The van der Waals surface area contributed by atoms with Gasteiger partial charge in [-0.2, -0.15) is 0 Å². The first kappa shape index (κ1) is 19.7. The van der Waals surface area contributed by atoms with Gasteiger partial charge in [-0.05, 0) is 35.3 Å². The monoisotopic (exact) mass is 352 g/mol. The minimum absolute atomic E-state index is 0. The first-order valence-electron chi connectivity index (χ1n) is 9.18. The predicted octanol–water partition coefficient (Wildman–Crippen LogP) is 3.65. The van der Waals surface area contributed by atoms with E-state index in [1.807, 2.05) is 0 Å². The maximum Gasteiger partial charge on any atom is 0.0623 e. The zero-order valence-corrected chi connectivity index (χ0v) is 16.1. The molecule has 136 valence electrons. The molecule has 0 radical (unpaired) electrons. The third-order valence-corrected chi connectivity index (χ3v) is 5.42. The van der Waals surface area contributed by atoms with Crippen molar-refractivity contribution in [2.45, 2.75) is 64.1 Å². The molecule has 2 N–H and O–H groups in total. The molecule has 2 aliphatic rings. The van der Waals surface area contributed by atoms with E-state index in [0.29, 0.717) is 18.0 Å². The van der Waals surface area contributed by atoms with Gasteiger partial charge in [0.05, 0.1) is 13.2 Å². The highest BCUT2D eigenvalue weighted by molar-refractivity contribution is 5.85. The van der Waals surface area contributed by atoms with Crippen LogP contribution in [0.25, 0.3) is 0 Å². The highest BCUT2D eigenvalue weighted by Crippen LogP contribution is 2.30. The fourth-order valence-electron chi connectivity index (χ4n) is 3.96. The lowest BCUT2D eigenvalue weighted by Crippen LogP contribution is -2.50. The molecule has 4 heteroatoms. The minimum Gasteiger partial charge on any atom is -0.379 e. The number of ether oxygens (including phenoxy) is 1. The Balaban J connectivity index is 0.00000208. The van der Waals surface area contributed by atoms with Crippen molar-refractivity contribution in [2.75, 3.05) is 19.8 Å². The molecule has 3 unspecified atom stereocenters. The van der Waals surface area contributed by atoms with Crippen LogP contribution in [0.5, 0.6) is 0 Å². The van der Waals surface area contributed by atoms with Gasteiger partial charge in [-0.25, -0.2) is 0 Å². The molecule has 2 fully saturated rings. The predicted molar refractivity (Wildman–Crippen MR) is 103 cm³/mol. The average Bonchev–Trinajstić information content (AvgIpc) is 3.02. The summed E-state index contributed by atoms with van der Waals surface area (Å²) in [5.74, 6) is 0.712. The third-order valence-electron chi connectivity index (χ3n) is 5.42. The standard InChI is InChI=1S/C20H32N2O.ClH/c1-20(2,3)16-9-7-15(8-10-16)13-22-18-6-4-5-17(18)19-14-23-12-11-21-19;/h7-10,17-19,21-22H,4-6,11-14H2,1-3H3;1H. The van der Waals surface area contributed by atoms with Crippen molar-refractivity contribution in [3.8, 4) is 0 Å². The average molecular weight is 353 g/mol. The van der Waals surface area contributed by atoms with Crippen molar-refractivity contribution in [3.05, 3.63) is 35.4 Å². The normalized spacial score (nSPS) is 27.7. The van der Waals surface area contributed by atoms with Gasteiger partial charge in [-0.1, -0.05) is 51.5 Å². The molecule has 1 heterocycles. The van der Waals surface area contributed by atoms with E-state index in [0.717, 1.165) is 26.3 Å². The summed E-state index contributed by atoms with van der Waals surface area (Å²) in [6, 6.07) is 10.3. The van der Waals surface area contributed by atoms with Crippen LogP contribution < -0.4 is 10.6 Å². The van der Waals surface area contributed by atoms with Gasteiger partial charge in [-0.3, -0.25) is 0 Å². The Labute approximate surface area is 153 Å². The van der Waals surface area contributed by atoms with Gasteiger partial charge < -0.3 is 15.4 Å². The summed E-state index contributed by atoms with van der Waals surface area (Å²) >= 11 is 0. The summed E-state index contributed by atoms with van der Waals surface area (Å²) in [5.41, 5.74) is 3.02. The molecule has 1 aliphatic carbocycles. The number of halogens is 1. The first-order chi connectivity index (χ1) is 11.0. The third kappa shape index (κ3) is 4.95. The topological polar surface area (TPSA) is 33.3 Å². The molecule has 0 amide bonds. The van der Waals surface area contributed by atoms with Crippen molar-refractivity contribution in [1.82, 2.24) is 10.6 Å². The van der Waals surface area contributed by atoms with Crippen LogP contribution in [0.1, 0.15) is 51.2 Å². The summed E-state index contributed by atoms with van der Waals surface area (Å²) in [5, 5.41) is 7.46. The van der Waals surface area contributed by atoms with Crippen LogP contribution in [-0.4, -0.2) is 31.8 Å². The van der Waals surface area contributed by atoms with Crippen molar-refractivity contribution < 1.29 is 4.74 Å². The van der Waals surface area contributed by atoms with Gasteiger partial charge in [0.2, 0.25) is 0 Å². The Morgan fingerprint density at radius 3 is 2.54 bits per heavy atom. The van der Waals surface area contributed by atoms with Crippen molar-refractivity contribution in [2.24, 2.45) is 5.92 Å². The molecular formula is C20H33ClN2O. The van der Waals surface area contributed by atoms with Gasteiger partial charge in [0.25, 0.3) is 0 Å². The van der Waals surface area contributed by atoms with Gasteiger partial charge in [0, 0.05) is 25.2 Å². The number of hydrogen-bond acceptors (Lipinski definition) is 3. The van der Waals surface area contributed by atoms with E-state index < -0.39 is 0 Å². The van der Waals surface area contributed by atoms with E-state index >= 15 is 0 Å². The zero-order chi connectivity index (χ0) is 16.3. The molecular weight excluding hydrogens is 320 g/mol. The highest BCUT2D eigenvalue weighted by atomic mass is 35.5. The molecule has 3 atom stereocenters.